The molecule has 140 valence electrons. The van der Waals surface area contributed by atoms with Crippen LogP contribution < -0.4 is 16.0 Å². The van der Waals surface area contributed by atoms with E-state index < -0.39 is 0 Å². The number of carbonyl (C=O) groups excluding carboxylic acids is 3. The van der Waals surface area contributed by atoms with Crippen molar-refractivity contribution >= 4 is 23.5 Å². The molecule has 0 bridgehead atoms. The number of benzene rings is 1. The average molecular weight is 360 g/mol. The van der Waals surface area contributed by atoms with Crippen molar-refractivity contribution in [3.8, 4) is 0 Å². The first-order valence-electron chi connectivity index (χ1n) is 9.29. The van der Waals surface area contributed by atoms with Gasteiger partial charge in [0.15, 0.2) is 6.04 Å². The summed E-state index contributed by atoms with van der Waals surface area (Å²) in [5.41, 5.74) is 1.03. The predicted molar refractivity (Wildman–Crippen MR) is 95.5 cm³/mol. The Hall–Kier alpha value is -2.41. The summed E-state index contributed by atoms with van der Waals surface area (Å²) in [4.78, 5) is 36.2. The lowest BCUT2D eigenvalue weighted by Gasteiger charge is -2.37. The number of hydrogen-bond donors (Lipinski definition) is 3. The highest BCUT2D eigenvalue weighted by Crippen LogP contribution is 2.18. The van der Waals surface area contributed by atoms with Gasteiger partial charge in [-0.25, -0.2) is 4.79 Å². The highest BCUT2D eigenvalue weighted by Gasteiger charge is 2.40. The summed E-state index contributed by atoms with van der Waals surface area (Å²) in [5.74, 6) is -0.651. The SMILES string of the molecule is CCOC(=O)c1ccc(NC(=O)C[C@H]2[NH2+][C@@H]3CCCC[C@@H]3NC2=O)cc1. The van der Waals surface area contributed by atoms with Crippen LogP contribution in [0.4, 0.5) is 5.69 Å². The lowest BCUT2D eigenvalue weighted by Crippen LogP contribution is -3.03. The number of esters is 1. The van der Waals surface area contributed by atoms with Gasteiger partial charge >= 0.3 is 5.97 Å². The molecular formula is C19H26N3O4+. The van der Waals surface area contributed by atoms with Gasteiger partial charge in [-0.2, -0.15) is 0 Å². The fourth-order valence-electron chi connectivity index (χ4n) is 3.72. The fourth-order valence-corrected chi connectivity index (χ4v) is 3.72. The van der Waals surface area contributed by atoms with Gasteiger partial charge in [-0.15, -0.1) is 0 Å². The minimum Gasteiger partial charge on any atom is -0.462 e. The predicted octanol–water partition coefficient (Wildman–Crippen LogP) is 0.565. The molecule has 0 radical (unpaired) electrons. The van der Waals surface area contributed by atoms with Crippen LogP contribution in [0.2, 0.25) is 0 Å². The minimum absolute atomic E-state index is 0.0547. The van der Waals surface area contributed by atoms with Crippen molar-refractivity contribution in [2.75, 3.05) is 11.9 Å². The minimum atomic E-state index is -0.388. The topological polar surface area (TPSA) is 101 Å². The first-order chi connectivity index (χ1) is 12.6. The number of piperazine rings is 1. The summed E-state index contributed by atoms with van der Waals surface area (Å²) < 4.78 is 4.93. The van der Waals surface area contributed by atoms with Gasteiger partial charge in [-0.3, -0.25) is 9.59 Å². The number of carbonyl (C=O) groups is 3. The maximum Gasteiger partial charge on any atom is 0.338 e. The molecule has 2 fully saturated rings. The van der Waals surface area contributed by atoms with E-state index in [1.54, 1.807) is 31.2 Å². The summed E-state index contributed by atoms with van der Waals surface area (Å²) in [6.07, 6.45) is 4.58. The van der Waals surface area contributed by atoms with E-state index in [0.29, 0.717) is 23.9 Å². The molecule has 0 spiro atoms. The maximum atomic E-state index is 12.3. The lowest BCUT2D eigenvalue weighted by atomic mass is 9.87. The van der Waals surface area contributed by atoms with Crippen LogP contribution in [0.3, 0.4) is 0 Å². The fraction of sp³-hybridized carbons (Fsp3) is 0.526. The first-order valence-corrected chi connectivity index (χ1v) is 9.29. The smallest absolute Gasteiger partial charge is 0.338 e. The largest absolute Gasteiger partial charge is 0.462 e. The second-order valence-corrected chi connectivity index (χ2v) is 6.91. The number of rotatable bonds is 5. The molecule has 7 nitrogen and oxygen atoms in total. The number of nitrogens with one attached hydrogen (secondary N) is 2. The Morgan fingerprint density at radius 3 is 2.69 bits per heavy atom. The van der Waals surface area contributed by atoms with Crippen molar-refractivity contribution < 1.29 is 24.4 Å². The standard InChI is InChI=1S/C19H25N3O4/c1-2-26-19(25)12-7-9-13(10-8-12)20-17(23)11-16-18(24)22-15-6-4-3-5-14(15)21-16/h7-10,14-16,21H,2-6,11H2,1H3,(H,20,23)(H,22,24)/p+1/t14-,15+,16-/m1/s1. The van der Waals surface area contributed by atoms with Crippen LogP contribution in [-0.4, -0.2) is 42.5 Å². The maximum absolute atomic E-state index is 12.3. The summed E-state index contributed by atoms with van der Waals surface area (Å²) in [6.45, 7) is 2.07. The van der Waals surface area contributed by atoms with Gasteiger partial charge in [0.2, 0.25) is 5.91 Å². The molecule has 1 aliphatic heterocycles. The van der Waals surface area contributed by atoms with Crippen LogP contribution in [0.5, 0.6) is 0 Å². The van der Waals surface area contributed by atoms with Gasteiger partial charge in [-0.1, -0.05) is 6.42 Å². The average Bonchev–Trinajstić information content (AvgIpc) is 2.63. The second kappa shape index (κ2) is 8.31. The van der Waals surface area contributed by atoms with E-state index in [1.165, 1.54) is 6.42 Å². The third kappa shape index (κ3) is 4.40. The van der Waals surface area contributed by atoms with E-state index in [9.17, 15) is 14.4 Å². The number of fused-ring (bicyclic) bond motifs is 1. The van der Waals surface area contributed by atoms with Crippen molar-refractivity contribution in [3.63, 3.8) is 0 Å². The normalized spacial score (nSPS) is 25.0. The molecule has 0 aromatic heterocycles. The molecule has 26 heavy (non-hydrogen) atoms. The van der Waals surface area contributed by atoms with Crippen molar-refractivity contribution in [2.24, 2.45) is 0 Å². The molecule has 1 heterocycles. The summed E-state index contributed by atoms with van der Waals surface area (Å²) in [7, 11) is 0. The molecule has 2 aliphatic rings. The van der Waals surface area contributed by atoms with E-state index in [0.717, 1.165) is 19.3 Å². The molecule has 1 saturated carbocycles. The van der Waals surface area contributed by atoms with E-state index in [1.807, 2.05) is 0 Å². The quantitative estimate of drug-likeness (QED) is 0.668. The highest BCUT2D eigenvalue weighted by atomic mass is 16.5. The molecule has 1 saturated heterocycles. The zero-order chi connectivity index (χ0) is 18.5. The van der Waals surface area contributed by atoms with Crippen molar-refractivity contribution in [1.82, 2.24) is 5.32 Å². The van der Waals surface area contributed by atoms with Gasteiger partial charge in [0.1, 0.15) is 6.04 Å². The van der Waals surface area contributed by atoms with Crippen LogP contribution in [0.25, 0.3) is 0 Å². The lowest BCUT2D eigenvalue weighted by molar-refractivity contribution is -0.718. The van der Waals surface area contributed by atoms with Crippen LogP contribution in [0.15, 0.2) is 24.3 Å². The van der Waals surface area contributed by atoms with Gasteiger partial charge < -0.3 is 20.7 Å². The Kier molecular flexibility index (Phi) is 5.88. The molecule has 7 heteroatoms. The highest BCUT2D eigenvalue weighted by molar-refractivity contribution is 5.96. The zero-order valence-corrected chi connectivity index (χ0v) is 15.0. The number of quaternary nitrogens is 1. The van der Waals surface area contributed by atoms with Gasteiger partial charge in [0.05, 0.1) is 24.6 Å². The molecule has 3 rings (SSSR count). The van der Waals surface area contributed by atoms with E-state index in [2.05, 4.69) is 16.0 Å². The van der Waals surface area contributed by atoms with E-state index in [-0.39, 0.29) is 36.3 Å². The molecule has 1 aromatic carbocycles. The van der Waals surface area contributed by atoms with E-state index >= 15 is 0 Å². The molecule has 4 N–H and O–H groups in total. The van der Waals surface area contributed by atoms with E-state index in [4.69, 9.17) is 4.74 Å². The summed E-state index contributed by atoms with van der Waals surface area (Å²) in [5, 5.41) is 7.92. The van der Waals surface area contributed by atoms with Crippen LogP contribution in [0.1, 0.15) is 49.4 Å². The van der Waals surface area contributed by atoms with Gasteiger partial charge in [-0.05, 0) is 44.0 Å². The first kappa shape index (κ1) is 18.4. The Bertz CT molecular complexity index is 674. The number of anilines is 1. The van der Waals surface area contributed by atoms with Gasteiger partial charge in [0.25, 0.3) is 5.91 Å². The molecule has 0 unspecified atom stereocenters. The third-order valence-corrected chi connectivity index (χ3v) is 5.05. The van der Waals surface area contributed by atoms with Crippen molar-refractivity contribution in [2.45, 2.75) is 57.2 Å². The number of hydrogen-bond acceptors (Lipinski definition) is 4. The van der Waals surface area contributed by atoms with Crippen LogP contribution in [-0.2, 0) is 14.3 Å². The Morgan fingerprint density at radius 2 is 1.96 bits per heavy atom. The van der Waals surface area contributed by atoms with Crippen molar-refractivity contribution in [1.29, 1.82) is 0 Å². The zero-order valence-electron chi connectivity index (χ0n) is 15.0. The van der Waals surface area contributed by atoms with Crippen LogP contribution in [0, 0.1) is 0 Å². The molecule has 1 aromatic rings. The summed E-state index contributed by atoms with van der Waals surface area (Å²) in [6, 6.07) is 6.78. The molecule has 1 aliphatic carbocycles. The third-order valence-electron chi connectivity index (χ3n) is 5.05. The second-order valence-electron chi connectivity index (χ2n) is 6.91. The number of amides is 2. The van der Waals surface area contributed by atoms with Crippen LogP contribution >= 0.6 is 0 Å². The molecule has 2 amide bonds. The van der Waals surface area contributed by atoms with Crippen molar-refractivity contribution in [3.05, 3.63) is 29.8 Å². The monoisotopic (exact) mass is 360 g/mol. The Balaban J connectivity index is 1.53. The molecular weight excluding hydrogens is 334 g/mol. The Morgan fingerprint density at radius 1 is 1.23 bits per heavy atom. The molecule has 3 atom stereocenters. The number of ether oxygens (including phenoxy) is 1. The Labute approximate surface area is 152 Å². The number of nitrogens with two attached hydrogens (primary N) is 1. The summed E-state index contributed by atoms with van der Waals surface area (Å²) >= 11 is 0. The van der Waals surface area contributed by atoms with Gasteiger partial charge in [0, 0.05) is 12.1 Å².